The molecule has 1 amide bonds. The Kier molecular flexibility index (Phi) is 5.04. The van der Waals surface area contributed by atoms with Crippen molar-refractivity contribution in [3.05, 3.63) is 107 Å². The van der Waals surface area contributed by atoms with E-state index in [1.54, 1.807) is 25.0 Å². The van der Waals surface area contributed by atoms with Crippen molar-refractivity contribution in [2.45, 2.75) is 32.2 Å². The van der Waals surface area contributed by atoms with Gasteiger partial charge in [0.25, 0.3) is 5.91 Å². The molecule has 5 nitrogen and oxygen atoms in total. The van der Waals surface area contributed by atoms with Crippen LogP contribution in [-0.4, -0.2) is 21.6 Å². The molecule has 2 heterocycles. The molecule has 3 aromatic carbocycles. The number of carbonyl (C=O) groups excluding carboxylic acids is 1. The highest BCUT2D eigenvalue weighted by Gasteiger charge is 2.51. The van der Waals surface area contributed by atoms with E-state index in [0.29, 0.717) is 5.56 Å². The van der Waals surface area contributed by atoms with E-state index in [9.17, 15) is 9.18 Å². The van der Waals surface area contributed by atoms with E-state index in [2.05, 4.69) is 0 Å². The maximum absolute atomic E-state index is 14.1. The third-order valence-corrected chi connectivity index (χ3v) is 5.63. The Morgan fingerprint density at radius 2 is 1.69 bits per heavy atom. The second-order valence-electron chi connectivity index (χ2n) is 8.36. The van der Waals surface area contributed by atoms with Crippen molar-refractivity contribution in [2.24, 2.45) is 0 Å². The van der Waals surface area contributed by atoms with Crippen LogP contribution in [0.5, 0.6) is 0 Å². The van der Waals surface area contributed by atoms with Crippen molar-refractivity contribution in [1.29, 1.82) is 0 Å². The van der Waals surface area contributed by atoms with Gasteiger partial charge in [0.1, 0.15) is 12.4 Å². The van der Waals surface area contributed by atoms with Gasteiger partial charge in [-0.05, 0) is 43.2 Å². The van der Waals surface area contributed by atoms with Gasteiger partial charge in [0.15, 0.2) is 11.8 Å². The zero-order chi connectivity index (χ0) is 22.3. The topological polar surface area (TPSA) is 42.0 Å². The minimum Gasteiger partial charge on any atom is -0.269 e. The minimum absolute atomic E-state index is 0.216. The second-order valence-corrected chi connectivity index (χ2v) is 8.36. The van der Waals surface area contributed by atoms with Crippen LogP contribution >= 0.6 is 0 Å². The molecule has 2 aliphatic heterocycles. The van der Waals surface area contributed by atoms with Gasteiger partial charge in [-0.15, -0.1) is 0 Å². The number of fused-ring (bicyclic) bond motifs is 3. The number of rotatable bonds is 4. The van der Waals surface area contributed by atoms with Crippen molar-refractivity contribution in [2.75, 3.05) is 0 Å². The number of carbonyl (C=O) groups is 1. The minimum atomic E-state index is -1.15. The van der Waals surface area contributed by atoms with Crippen LogP contribution in [0.2, 0.25) is 0 Å². The van der Waals surface area contributed by atoms with Gasteiger partial charge < -0.3 is 0 Å². The first-order chi connectivity index (χ1) is 15.4. The van der Waals surface area contributed by atoms with Crippen LogP contribution in [0.4, 0.5) is 4.39 Å². The number of nitrogens with zero attached hydrogens (tertiary/aromatic N) is 2. The number of halogens is 1. The van der Waals surface area contributed by atoms with E-state index >= 15 is 0 Å². The molecular formula is C26H23FN2O3. The monoisotopic (exact) mass is 430 g/mol. The highest BCUT2D eigenvalue weighted by molar-refractivity contribution is 5.88. The summed E-state index contributed by atoms with van der Waals surface area (Å²) >= 11 is 0. The predicted octanol–water partition coefficient (Wildman–Crippen LogP) is 5.32. The molecule has 0 radical (unpaired) electrons. The van der Waals surface area contributed by atoms with Crippen LogP contribution in [0.25, 0.3) is 11.8 Å². The Balaban J connectivity index is 1.61. The molecule has 1 unspecified atom stereocenters. The summed E-state index contributed by atoms with van der Waals surface area (Å²) in [5, 5.41) is 3.06. The second kappa shape index (κ2) is 7.89. The third-order valence-electron chi connectivity index (χ3n) is 5.63. The summed E-state index contributed by atoms with van der Waals surface area (Å²) in [4.78, 5) is 25.7. The van der Waals surface area contributed by atoms with E-state index in [0.717, 1.165) is 22.4 Å². The molecule has 0 aromatic heterocycles. The molecule has 5 rings (SSSR count). The van der Waals surface area contributed by atoms with E-state index in [1.807, 2.05) is 66.7 Å². The highest BCUT2D eigenvalue weighted by Crippen LogP contribution is 2.46. The lowest BCUT2D eigenvalue weighted by atomic mass is 9.95. The van der Waals surface area contributed by atoms with Gasteiger partial charge in [0, 0.05) is 11.1 Å². The Bertz CT molecular complexity index is 1180. The summed E-state index contributed by atoms with van der Waals surface area (Å²) in [5.74, 6) is -0.653. The molecule has 1 fully saturated rings. The maximum atomic E-state index is 14.1. The van der Waals surface area contributed by atoms with E-state index < -0.39 is 11.8 Å². The van der Waals surface area contributed by atoms with E-state index in [1.165, 1.54) is 17.2 Å². The molecule has 0 bridgehead atoms. The summed E-state index contributed by atoms with van der Waals surface area (Å²) in [6.45, 7) is 3.65. The Morgan fingerprint density at radius 1 is 1.00 bits per heavy atom. The van der Waals surface area contributed by atoms with Crippen molar-refractivity contribution < 1.29 is 18.9 Å². The fourth-order valence-electron chi connectivity index (χ4n) is 4.02. The van der Waals surface area contributed by atoms with Crippen LogP contribution in [0, 0.1) is 5.82 Å². The number of benzene rings is 3. The number of hydrogen-bond donors (Lipinski definition) is 0. The van der Waals surface area contributed by atoms with Crippen LogP contribution in [0.1, 0.15) is 42.3 Å². The third kappa shape index (κ3) is 3.57. The van der Waals surface area contributed by atoms with Crippen LogP contribution in [0.15, 0.2) is 78.9 Å². The van der Waals surface area contributed by atoms with Crippen LogP contribution in [-0.2, 0) is 21.1 Å². The van der Waals surface area contributed by atoms with Gasteiger partial charge in [-0.2, -0.15) is 5.06 Å². The molecule has 1 atom stereocenters. The molecular weight excluding hydrogens is 407 g/mol. The molecule has 1 saturated heterocycles. The molecule has 0 saturated carbocycles. The van der Waals surface area contributed by atoms with Crippen molar-refractivity contribution in [3.8, 4) is 0 Å². The Morgan fingerprint density at radius 3 is 2.41 bits per heavy atom. The molecule has 2 aliphatic rings. The van der Waals surface area contributed by atoms with Gasteiger partial charge in [-0.1, -0.05) is 66.7 Å². The molecule has 162 valence electrons. The highest BCUT2D eigenvalue weighted by atomic mass is 19.1. The van der Waals surface area contributed by atoms with Crippen LogP contribution in [0.3, 0.4) is 0 Å². The molecule has 32 heavy (non-hydrogen) atoms. The van der Waals surface area contributed by atoms with Crippen molar-refractivity contribution in [3.63, 3.8) is 0 Å². The average Bonchev–Trinajstić information content (AvgIpc) is 2.80. The number of amides is 1. The lowest BCUT2D eigenvalue weighted by molar-refractivity contribution is -0.337. The molecule has 0 spiro atoms. The van der Waals surface area contributed by atoms with Gasteiger partial charge in [-0.3, -0.25) is 14.5 Å². The van der Waals surface area contributed by atoms with Crippen molar-refractivity contribution >= 4 is 17.7 Å². The summed E-state index contributed by atoms with van der Waals surface area (Å²) in [6, 6.07) is 23.9. The van der Waals surface area contributed by atoms with E-state index in [-0.39, 0.29) is 18.3 Å². The summed E-state index contributed by atoms with van der Waals surface area (Å²) in [6.07, 6.45) is 1.18. The van der Waals surface area contributed by atoms with Gasteiger partial charge in [0.2, 0.25) is 0 Å². The normalized spacial score (nSPS) is 19.3. The van der Waals surface area contributed by atoms with Gasteiger partial charge >= 0.3 is 0 Å². The molecule has 0 N–H and O–H groups in total. The van der Waals surface area contributed by atoms with Crippen LogP contribution < -0.4 is 0 Å². The summed E-state index contributed by atoms with van der Waals surface area (Å²) < 4.78 is 14.1. The lowest BCUT2D eigenvalue weighted by Gasteiger charge is -2.50. The SMILES string of the molecule is CC1(C)ON2C(c3ccccc3)=Cc3cc(F)ccc3C2N(OCc2ccccc2)C1=O. The van der Waals surface area contributed by atoms with Crippen molar-refractivity contribution in [1.82, 2.24) is 10.1 Å². The molecule has 6 heteroatoms. The smallest absolute Gasteiger partial charge is 0.269 e. The zero-order valence-corrected chi connectivity index (χ0v) is 17.9. The first-order valence-corrected chi connectivity index (χ1v) is 10.5. The quantitative estimate of drug-likeness (QED) is 0.562. The molecule has 0 aliphatic carbocycles. The zero-order valence-electron chi connectivity index (χ0n) is 17.9. The largest absolute Gasteiger partial charge is 0.282 e. The first-order valence-electron chi connectivity index (χ1n) is 10.5. The lowest BCUT2D eigenvalue weighted by Crippen LogP contribution is -2.60. The van der Waals surface area contributed by atoms with E-state index in [4.69, 9.17) is 9.68 Å². The fraction of sp³-hybridized carbons (Fsp3) is 0.192. The Labute approximate surface area is 186 Å². The fourth-order valence-corrected chi connectivity index (χ4v) is 4.02. The van der Waals surface area contributed by atoms with Gasteiger partial charge in [0.05, 0.1) is 5.70 Å². The standard InChI is InChI=1S/C26H23FN2O3/c1-26(2)25(30)29(31-17-18-9-5-3-6-10-18)24-22-14-13-21(27)15-20(22)16-23(28(24)32-26)19-11-7-4-8-12-19/h3-16,24H,17H2,1-2H3. The van der Waals surface area contributed by atoms with Gasteiger partial charge in [-0.25, -0.2) is 9.45 Å². The molecule has 3 aromatic rings. The summed E-state index contributed by atoms with van der Waals surface area (Å²) in [7, 11) is 0. The summed E-state index contributed by atoms with van der Waals surface area (Å²) in [5.41, 5.74) is 2.80. The number of hydrogen-bond acceptors (Lipinski definition) is 4. The maximum Gasteiger partial charge on any atom is 0.282 e. The first kappa shape index (κ1) is 20.4. The number of hydroxylamine groups is 4. The average molecular weight is 430 g/mol. The Hall–Kier alpha value is -3.48. The predicted molar refractivity (Wildman–Crippen MR) is 119 cm³/mol.